The first-order valence-corrected chi connectivity index (χ1v) is 7.13. The summed E-state index contributed by atoms with van der Waals surface area (Å²) in [6, 6.07) is 5.98. The predicted molar refractivity (Wildman–Crippen MR) is 77.6 cm³/mol. The Morgan fingerprint density at radius 3 is 3.05 bits per heavy atom. The lowest BCUT2D eigenvalue weighted by atomic mass is 10.1. The van der Waals surface area contributed by atoms with Gasteiger partial charge in [0.2, 0.25) is 5.95 Å². The van der Waals surface area contributed by atoms with Crippen LogP contribution >= 0.6 is 0 Å². The number of nitrogens with two attached hydrogens (primary N) is 1. The molecule has 0 spiro atoms. The molecule has 21 heavy (non-hydrogen) atoms. The normalized spacial score (nSPS) is 20.8. The lowest BCUT2D eigenvalue weighted by Gasteiger charge is -2.20. The van der Waals surface area contributed by atoms with Crippen molar-refractivity contribution in [3.8, 4) is 22.9 Å². The SMILES string of the molecule is NC1CCN(c2n[nH]c(-c3cccc4c3OCCO4)n2)C1. The van der Waals surface area contributed by atoms with Crippen LogP contribution in [0.5, 0.6) is 11.5 Å². The van der Waals surface area contributed by atoms with E-state index >= 15 is 0 Å². The summed E-state index contributed by atoms with van der Waals surface area (Å²) in [5.74, 6) is 2.85. The summed E-state index contributed by atoms with van der Waals surface area (Å²) < 4.78 is 11.3. The largest absolute Gasteiger partial charge is 0.486 e. The molecule has 110 valence electrons. The number of nitrogens with zero attached hydrogens (tertiary/aromatic N) is 3. The number of ether oxygens (including phenoxy) is 2. The molecule has 3 N–H and O–H groups in total. The molecule has 0 radical (unpaired) electrons. The minimum Gasteiger partial charge on any atom is -0.486 e. The van der Waals surface area contributed by atoms with Gasteiger partial charge in [-0.3, -0.25) is 5.10 Å². The van der Waals surface area contributed by atoms with Gasteiger partial charge in [-0.25, -0.2) is 0 Å². The van der Waals surface area contributed by atoms with E-state index in [4.69, 9.17) is 15.2 Å². The molecule has 2 aliphatic rings. The van der Waals surface area contributed by atoms with Crippen molar-refractivity contribution in [2.75, 3.05) is 31.2 Å². The lowest BCUT2D eigenvalue weighted by Crippen LogP contribution is -2.26. The summed E-state index contributed by atoms with van der Waals surface area (Å²) in [4.78, 5) is 6.67. The van der Waals surface area contributed by atoms with Crippen LogP contribution in [-0.2, 0) is 0 Å². The number of hydrogen-bond acceptors (Lipinski definition) is 6. The fraction of sp³-hybridized carbons (Fsp3) is 0.429. The molecule has 1 aromatic carbocycles. The number of rotatable bonds is 2. The Kier molecular flexibility index (Phi) is 2.92. The van der Waals surface area contributed by atoms with E-state index in [-0.39, 0.29) is 6.04 Å². The van der Waals surface area contributed by atoms with E-state index < -0.39 is 0 Å². The highest BCUT2D eigenvalue weighted by Gasteiger charge is 2.24. The van der Waals surface area contributed by atoms with Gasteiger partial charge in [0.15, 0.2) is 17.3 Å². The molecule has 3 heterocycles. The fourth-order valence-electron chi connectivity index (χ4n) is 2.74. The second-order valence-corrected chi connectivity index (χ2v) is 5.31. The van der Waals surface area contributed by atoms with E-state index in [2.05, 4.69) is 20.1 Å². The number of aromatic amines is 1. The van der Waals surface area contributed by atoms with Crippen molar-refractivity contribution >= 4 is 5.95 Å². The van der Waals surface area contributed by atoms with Crippen LogP contribution in [0.15, 0.2) is 18.2 Å². The van der Waals surface area contributed by atoms with E-state index in [1.807, 2.05) is 18.2 Å². The number of H-pyrrole nitrogens is 1. The van der Waals surface area contributed by atoms with Crippen molar-refractivity contribution in [3.63, 3.8) is 0 Å². The van der Waals surface area contributed by atoms with Crippen LogP contribution in [0.1, 0.15) is 6.42 Å². The van der Waals surface area contributed by atoms with Crippen LogP contribution in [0.4, 0.5) is 5.95 Å². The summed E-state index contributed by atoms with van der Waals surface area (Å²) >= 11 is 0. The first-order chi connectivity index (χ1) is 10.3. The monoisotopic (exact) mass is 287 g/mol. The molecule has 1 atom stereocenters. The molecule has 0 amide bonds. The molecule has 0 bridgehead atoms. The minimum absolute atomic E-state index is 0.202. The maximum Gasteiger partial charge on any atom is 0.245 e. The van der Waals surface area contributed by atoms with Crippen LogP contribution in [0.25, 0.3) is 11.4 Å². The Balaban J connectivity index is 1.67. The van der Waals surface area contributed by atoms with E-state index in [0.29, 0.717) is 25.0 Å². The van der Waals surface area contributed by atoms with Gasteiger partial charge in [-0.1, -0.05) is 6.07 Å². The summed E-state index contributed by atoms with van der Waals surface area (Å²) in [6.07, 6.45) is 0.974. The van der Waals surface area contributed by atoms with Crippen molar-refractivity contribution < 1.29 is 9.47 Å². The molecule has 7 nitrogen and oxygen atoms in total. The predicted octanol–water partition coefficient (Wildman–Crippen LogP) is 0.780. The number of nitrogens with one attached hydrogen (secondary N) is 1. The van der Waals surface area contributed by atoms with Gasteiger partial charge in [0.05, 0.1) is 5.56 Å². The smallest absolute Gasteiger partial charge is 0.245 e. The maximum atomic E-state index is 5.93. The zero-order valence-corrected chi connectivity index (χ0v) is 11.6. The number of para-hydroxylation sites is 1. The third-order valence-electron chi connectivity index (χ3n) is 3.80. The van der Waals surface area contributed by atoms with Gasteiger partial charge < -0.3 is 20.1 Å². The van der Waals surface area contributed by atoms with Crippen molar-refractivity contribution in [2.24, 2.45) is 5.73 Å². The van der Waals surface area contributed by atoms with Gasteiger partial charge in [0.1, 0.15) is 13.2 Å². The third-order valence-corrected chi connectivity index (χ3v) is 3.80. The number of anilines is 1. The third kappa shape index (κ3) is 2.19. The number of benzene rings is 1. The number of fused-ring (bicyclic) bond motifs is 1. The summed E-state index contributed by atoms with van der Waals surface area (Å²) in [7, 11) is 0. The molecular formula is C14H17N5O2. The molecule has 1 aromatic heterocycles. The van der Waals surface area contributed by atoms with E-state index in [9.17, 15) is 0 Å². The molecule has 0 saturated carbocycles. The van der Waals surface area contributed by atoms with Gasteiger partial charge in [-0.2, -0.15) is 4.98 Å². The average Bonchev–Trinajstić information content (AvgIpc) is 3.15. The highest BCUT2D eigenvalue weighted by atomic mass is 16.6. The van der Waals surface area contributed by atoms with Crippen LogP contribution in [-0.4, -0.2) is 47.5 Å². The van der Waals surface area contributed by atoms with E-state index in [0.717, 1.165) is 36.6 Å². The first-order valence-electron chi connectivity index (χ1n) is 7.13. The van der Waals surface area contributed by atoms with Crippen LogP contribution in [0.2, 0.25) is 0 Å². The van der Waals surface area contributed by atoms with Crippen molar-refractivity contribution in [2.45, 2.75) is 12.5 Å². The molecule has 2 aliphatic heterocycles. The standard InChI is InChI=1S/C14H17N5O2/c15-9-4-5-19(8-9)14-16-13(17-18-14)10-2-1-3-11-12(10)21-7-6-20-11/h1-3,9H,4-8,15H2,(H,16,17,18). The van der Waals surface area contributed by atoms with Crippen molar-refractivity contribution in [1.82, 2.24) is 15.2 Å². The quantitative estimate of drug-likeness (QED) is 0.848. The van der Waals surface area contributed by atoms with Crippen LogP contribution < -0.4 is 20.1 Å². The molecule has 1 fully saturated rings. The second-order valence-electron chi connectivity index (χ2n) is 5.31. The van der Waals surface area contributed by atoms with Gasteiger partial charge >= 0.3 is 0 Å². The summed E-state index contributed by atoms with van der Waals surface area (Å²) in [5.41, 5.74) is 6.80. The molecular weight excluding hydrogens is 270 g/mol. The first kappa shape index (κ1) is 12.5. The number of aromatic nitrogens is 3. The molecule has 1 saturated heterocycles. The Labute approximate surface area is 122 Å². The Bertz CT molecular complexity index is 657. The van der Waals surface area contributed by atoms with Gasteiger partial charge in [0.25, 0.3) is 0 Å². The second kappa shape index (κ2) is 4.92. The summed E-state index contributed by atoms with van der Waals surface area (Å²) in [6.45, 7) is 2.81. The van der Waals surface area contributed by atoms with Crippen LogP contribution in [0, 0.1) is 0 Å². The van der Waals surface area contributed by atoms with Crippen molar-refractivity contribution in [1.29, 1.82) is 0 Å². The zero-order valence-electron chi connectivity index (χ0n) is 11.6. The minimum atomic E-state index is 0.202. The summed E-state index contributed by atoms with van der Waals surface area (Å²) in [5, 5.41) is 7.28. The van der Waals surface area contributed by atoms with Crippen LogP contribution in [0.3, 0.4) is 0 Å². The van der Waals surface area contributed by atoms with Crippen molar-refractivity contribution in [3.05, 3.63) is 18.2 Å². The average molecular weight is 287 g/mol. The van der Waals surface area contributed by atoms with Gasteiger partial charge in [0, 0.05) is 19.1 Å². The topological polar surface area (TPSA) is 89.3 Å². The number of hydrogen-bond donors (Lipinski definition) is 2. The molecule has 2 aromatic rings. The Morgan fingerprint density at radius 2 is 2.19 bits per heavy atom. The van der Waals surface area contributed by atoms with E-state index in [1.165, 1.54) is 0 Å². The highest BCUT2D eigenvalue weighted by Crippen LogP contribution is 2.38. The zero-order chi connectivity index (χ0) is 14.2. The fourth-order valence-corrected chi connectivity index (χ4v) is 2.74. The molecule has 7 heteroatoms. The maximum absolute atomic E-state index is 5.93. The Hall–Kier alpha value is -2.28. The molecule has 0 aliphatic carbocycles. The Morgan fingerprint density at radius 1 is 1.29 bits per heavy atom. The lowest BCUT2D eigenvalue weighted by molar-refractivity contribution is 0.172. The molecule has 4 rings (SSSR count). The van der Waals surface area contributed by atoms with Gasteiger partial charge in [-0.15, -0.1) is 5.10 Å². The molecule has 1 unspecified atom stereocenters. The van der Waals surface area contributed by atoms with E-state index in [1.54, 1.807) is 0 Å². The highest BCUT2D eigenvalue weighted by molar-refractivity contribution is 5.69. The van der Waals surface area contributed by atoms with Gasteiger partial charge in [-0.05, 0) is 18.6 Å².